The molecule has 0 bridgehead atoms. The Morgan fingerprint density at radius 1 is 0.824 bits per heavy atom. The molecule has 0 aromatic heterocycles. The van der Waals surface area contributed by atoms with E-state index in [1.54, 1.807) is 0 Å². The third-order valence-electron chi connectivity index (χ3n) is 2.91. The van der Waals surface area contributed by atoms with Gasteiger partial charge in [-0.25, -0.2) is 0 Å². The summed E-state index contributed by atoms with van der Waals surface area (Å²) >= 11 is 0. The van der Waals surface area contributed by atoms with Crippen LogP contribution in [0.5, 0.6) is 5.75 Å². The van der Waals surface area contributed by atoms with Crippen molar-refractivity contribution in [3.8, 4) is 16.9 Å². The predicted octanol–water partition coefficient (Wildman–Crippen LogP) is 3.60. The van der Waals surface area contributed by atoms with Gasteiger partial charge in [0, 0.05) is 0 Å². The van der Waals surface area contributed by atoms with Crippen LogP contribution in [0.3, 0.4) is 0 Å². The molecule has 0 atom stereocenters. The summed E-state index contributed by atoms with van der Waals surface area (Å²) in [6, 6.07) is 16.2. The first-order valence-electron chi connectivity index (χ1n) is 5.87. The van der Waals surface area contributed by atoms with Gasteiger partial charge in [-0.1, -0.05) is 62.1 Å². The van der Waals surface area contributed by atoms with E-state index in [0.717, 1.165) is 16.3 Å². The van der Waals surface area contributed by atoms with E-state index in [1.807, 2.05) is 24.3 Å². The molecule has 2 rings (SSSR count). The lowest BCUT2D eigenvalue weighted by molar-refractivity contribution is 0.479. The first-order chi connectivity index (χ1) is 7.98. The van der Waals surface area contributed by atoms with Crippen LogP contribution < -0.4 is 5.19 Å². The highest BCUT2D eigenvalue weighted by molar-refractivity contribution is 6.89. The van der Waals surface area contributed by atoms with Gasteiger partial charge in [-0.05, 0) is 22.4 Å². The number of aromatic hydroxyl groups is 1. The Kier molecular flexibility index (Phi) is 3.07. The average molecular weight is 242 g/mol. The molecule has 0 amide bonds. The minimum Gasteiger partial charge on any atom is -0.508 e. The molecule has 1 nitrogen and oxygen atoms in total. The molecule has 0 aliphatic carbocycles. The fraction of sp³-hybridized carbons (Fsp3) is 0.200. The number of hydrogen-bond acceptors (Lipinski definition) is 1. The van der Waals surface area contributed by atoms with Crippen molar-refractivity contribution >= 4 is 13.3 Å². The van der Waals surface area contributed by atoms with Gasteiger partial charge < -0.3 is 5.11 Å². The van der Waals surface area contributed by atoms with Crippen molar-refractivity contribution in [1.82, 2.24) is 0 Å². The van der Waals surface area contributed by atoms with Crippen molar-refractivity contribution < 1.29 is 5.11 Å². The van der Waals surface area contributed by atoms with E-state index in [-0.39, 0.29) is 0 Å². The second kappa shape index (κ2) is 4.38. The summed E-state index contributed by atoms with van der Waals surface area (Å²) < 4.78 is 0. The minimum absolute atomic E-state index is 0.436. The van der Waals surface area contributed by atoms with Gasteiger partial charge in [-0.15, -0.1) is 0 Å². The Morgan fingerprint density at radius 3 is 2.00 bits per heavy atom. The van der Waals surface area contributed by atoms with E-state index >= 15 is 0 Å². The van der Waals surface area contributed by atoms with Crippen LogP contribution in [0.15, 0.2) is 48.5 Å². The number of hydrogen-bond donors (Lipinski definition) is 1. The minimum atomic E-state index is -1.45. The van der Waals surface area contributed by atoms with Crippen LogP contribution in [-0.2, 0) is 0 Å². The van der Waals surface area contributed by atoms with Crippen molar-refractivity contribution in [3.05, 3.63) is 48.5 Å². The molecule has 0 saturated heterocycles. The summed E-state index contributed by atoms with van der Waals surface area (Å²) in [4.78, 5) is 0. The van der Waals surface area contributed by atoms with Crippen molar-refractivity contribution in [2.75, 3.05) is 0 Å². The Balaban J connectivity index is 2.45. The molecule has 0 heterocycles. The van der Waals surface area contributed by atoms with E-state index in [1.165, 1.54) is 0 Å². The lowest BCUT2D eigenvalue weighted by Crippen LogP contribution is -2.37. The summed E-state index contributed by atoms with van der Waals surface area (Å²) in [5.74, 6) is 0.436. The molecule has 0 radical (unpaired) electrons. The quantitative estimate of drug-likeness (QED) is 0.798. The molecule has 1 N–H and O–H groups in total. The maximum Gasteiger partial charge on any atom is 0.115 e. The SMILES string of the molecule is C[Si](C)(C)c1ccc(-c2ccccc2)cc1O. The van der Waals surface area contributed by atoms with Crippen molar-refractivity contribution in [2.45, 2.75) is 19.6 Å². The maximum atomic E-state index is 10.1. The van der Waals surface area contributed by atoms with Crippen LogP contribution in [0.4, 0.5) is 0 Å². The summed E-state index contributed by atoms with van der Waals surface area (Å²) in [5.41, 5.74) is 2.22. The van der Waals surface area contributed by atoms with Gasteiger partial charge in [0.25, 0.3) is 0 Å². The largest absolute Gasteiger partial charge is 0.508 e. The Labute approximate surface area is 104 Å². The van der Waals surface area contributed by atoms with E-state index in [2.05, 4.69) is 43.9 Å². The van der Waals surface area contributed by atoms with E-state index in [4.69, 9.17) is 0 Å². The monoisotopic (exact) mass is 242 g/mol. The molecule has 0 aliphatic heterocycles. The molecule has 2 aromatic carbocycles. The number of rotatable bonds is 2. The zero-order valence-electron chi connectivity index (χ0n) is 10.6. The highest BCUT2D eigenvalue weighted by Crippen LogP contribution is 2.23. The number of phenolic OH excluding ortho intramolecular Hbond substituents is 1. The molecule has 0 saturated carbocycles. The standard InChI is InChI=1S/C15H18OSi/c1-17(2,3)15-10-9-13(11-14(15)16)12-7-5-4-6-8-12/h4-11,16H,1-3H3. The lowest BCUT2D eigenvalue weighted by Gasteiger charge is -2.18. The van der Waals surface area contributed by atoms with Crippen LogP contribution in [0.25, 0.3) is 11.1 Å². The van der Waals surface area contributed by atoms with Gasteiger partial charge in [0.05, 0.1) is 8.07 Å². The number of phenols is 1. The molecule has 0 unspecified atom stereocenters. The molecule has 0 aliphatic rings. The molecule has 17 heavy (non-hydrogen) atoms. The molecule has 2 aromatic rings. The molecular formula is C15H18OSi. The lowest BCUT2D eigenvalue weighted by atomic mass is 10.1. The van der Waals surface area contributed by atoms with Crippen molar-refractivity contribution in [3.63, 3.8) is 0 Å². The first kappa shape index (κ1) is 11.9. The van der Waals surface area contributed by atoms with E-state index in [9.17, 15) is 5.11 Å². The molecular weight excluding hydrogens is 224 g/mol. The van der Waals surface area contributed by atoms with Gasteiger partial charge in [0.1, 0.15) is 5.75 Å². The third kappa shape index (κ3) is 2.59. The molecule has 0 spiro atoms. The molecule has 88 valence electrons. The predicted molar refractivity (Wildman–Crippen MR) is 76.5 cm³/mol. The van der Waals surface area contributed by atoms with Crippen molar-refractivity contribution in [1.29, 1.82) is 0 Å². The fourth-order valence-electron chi connectivity index (χ4n) is 1.98. The second-order valence-corrected chi connectivity index (χ2v) is 10.4. The van der Waals surface area contributed by atoms with Gasteiger partial charge in [0.2, 0.25) is 0 Å². The fourth-order valence-corrected chi connectivity index (χ4v) is 3.40. The third-order valence-corrected chi connectivity index (χ3v) is 4.95. The Hall–Kier alpha value is -1.54. The highest BCUT2D eigenvalue weighted by atomic mass is 28.3. The number of benzene rings is 2. The Morgan fingerprint density at radius 2 is 1.47 bits per heavy atom. The zero-order valence-corrected chi connectivity index (χ0v) is 11.6. The summed E-state index contributed by atoms with van der Waals surface area (Å²) in [5, 5.41) is 11.2. The van der Waals surface area contributed by atoms with E-state index < -0.39 is 8.07 Å². The van der Waals surface area contributed by atoms with Gasteiger partial charge >= 0.3 is 0 Å². The first-order valence-corrected chi connectivity index (χ1v) is 9.37. The van der Waals surface area contributed by atoms with Crippen LogP contribution in [0.1, 0.15) is 0 Å². The second-order valence-electron chi connectivity index (χ2n) is 5.35. The zero-order chi connectivity index (χ0) is 12.5. The van der Waals surface area contributed by atoms with Crippen LogP contribution in [-0.4, -0.2) is 13.2 Å². The van der Waals surface area contributed by atoms with Crippen LogP contribution in [0.2, 0.25) is 19.6 Å². The van der Waals surface area contributed by atoms with Crippen LogP contribution >= 0.6 is 0 Å². The van der Waals surface area contributed by atoms with E-state index in [0.29, 0.717) is 5.75 Å². The normalized spacial score (nSPS) is 11.5. The summed E-state index contributed by atoms with van der Waals surface area (Å²) in [6.45, 7) is 6.72. The molecule has 2 heteroatoms. The van der Waals surface area contributed by atoms with Crippen LogP contribution in [0, 0.1) is 0 Å². The molecule has 0 fully saturated rings. The van der Waals surface area contributed by atoms with Gasteiger partial charge in [-0.2, -0.15) is 0 Å². The van der Waals surface area contributed by atoms with Gasteiger partial charge in [0.15, 0.2) is 0 Å². The smallest absolute Gasteiger partial charge is 0.115 e. The van der Waals surface area contributed by atoms with Gasteiger partial charge in [-0.3, -0.25) is 0 Å². The topological polar surface area (TPSA) is 20.2 Å². The Bertz CT molecular complexity index is 512. The van der Waals surface area contributed by atoms with Crippen molar-refractivity contribution in [2.24, 2.45) is 0 Å². The average Bonchev–Trinajstić information content (AvgIpc) is 2.28. The highest BCUT2D eigenvalue weighted by Gasteiger charge is 2.20. The summed E-state index contributed by atoms with van der Waals surface area (Å²) in [6.07, 6.45) is 0. The summed E-state index contributed by atoms with van der Waals surface area (Å²) in [7, 11) is -1.45. The maximum absolute atomic E-state index is 10.1.